The number of alkyl carbamates (subject to hydrolysis) is 1. The number of nitrogens with one attached hydrogen (secondary N) is 1. The van der Waals surface area contributed by atoms with Gasteiger partial charge in [0.1, 0.15) is 17.7 Å². The van der Waals surface area contributed by atoms with Gasteiger partial charge in [0.15, 0.2) is 0 Å². The Morgan fingerprint density at radius 2 is 1.09 bits per heavy atom. The summed E-state index contributed by atoms with van der Waals surface area (Å²) < 4.78 is 11.1. The van der Waals surface area contributed by atoms with Crippen LogP contribution in [0.1, 0.15) is 102 Å². The molecule has 2 atom stereocenters. The summed E-state index contributed by atoms with van der Waals surface area (Å²) in [4.78, 5) is 24.9. The summed E-state index contributed by atoms with van der Waals surface area (Å²) in [5, 5.41) is 2.56. The fraction of sp³-hybridized carbons (Fsp3) is 0.517. The van der Waals surface area contributed by atoms with E-state index in [-0.39, 0.29) is 5.92 Å². The number of ether oxygens (including phenoxy) is 2. The van der Waals surface area contributed by atoms with E-state index in [9.17, 15) is 9.59 Å². The van der Waals surface area contributed by atoms with Crippen molar-refractivity contribution in [2.24, 2.45) is 0 Å². The molecule has 0 heterocycles. The van der Waals surface area contributed by atoms with Gasteiger partial charge in [0.2, 0.25) is 0 Å². The van der Waals surface area contributed by atoms with Crippen LogP contribution in [0.15, 0.2) is 48.5 Å². The first kappa shape index (κ1) is 27.4. The second-order valence-corrected chi connectivity index (χ2v) is 10.6. The van der Waals surface area contributed by atoms with E-state index in [1.165, 1.54) is 11.1 Å². The highest BCUT2D eigenvalue weighted by Gasteiger charge is 2.28. The average Bonchev–Trinajstić information content (AvgIpc) is 2.73. The number of carbonyl (C=O) groups is 2. The van der Waals surface area contributed by atoms with Gasteiger partial charge in [0, 0.05) is 5.92 Å². The molecule has 0 radical (unpaired) electrons. The third-order valence-corrected chi connectivity index (χ3v) is 5.78. The summed E-state index contributed by atoms with van der Waals surface area (Å²) >= 11 is 0. The fourth-order valence-corrected chi connectivity index (χ4v) is 3.81. The largest absolute Gasteiger partial charge is 0.460 e. The molecule has 0 aliphatic rings. The van der Waals surface area contributed by atoms with Crippen LogP contribution in [-0.4, -0.2) is 29.8 Å². The zero-order valence-corrected chi connectivity index (χ0v) is 22.1. The number of hydrogen-bond donors (Lipinski definition) is 1. The molecule has 5 heteroatoms. The van der Waals surface area contributed by atoms with E-state index in [1.54, 1.807) is 27.7 Å². The van der Waals surface area contributed by atoms with Crippen molar-refractivity contribution < 1.29 is 19.1 Å². The maximum absolute atomic E-state index is 12.8. The Kier molecular flexibility index (Phi) is 9.31. The molecule has 1 amide bonds. The topological polar surface area (TPSA) is 64.6 Å². The summed E-state index contributed by atoms with van der Waals surface area (Å²) in [6, 6.07) is 16.2. The summed E-state index contributed by atoms with van der Waals surface area (Å²) in [6.45, 7) is 17.5. The minimum Gasteiger partial charge on any atom is -0.460 e. The summed E-state index contributed by atoms with van der Waals surface area (Å²) in [5.74, 6) is 0.238. The Labute approximate surface area is 205 Å². The molecule has 0 spiro atoms. The molecule has 0 saturated heterocycles. The van der Waals surface area contributed by atoms with Crippen LogP contribution >= 0.6 is 0 Å². The molecule has 2 aromatic carbocycles. The van der Waals surface area contributed by atoms with Crippen LogP contribution in [0.4, 0.5) is 4.79 Å². The molecule has 0 aliphatic heterocycles. The Morgan fingerprint density at radius 3 is 1.44 bits per heavy atom. The van der Waals surface area contributed by atoms with Crippen molar-refractivity contribution in [1.29, 1.82) is 0 Å². The Hall–Kier alpha value is -2.82. The van der Waals surface area contributed by atoms with Gasteiger partial charge in [0.25, 0.3) is 0 Å². The Morgan fingerprint density at radius 1 is 0.706 bits per heavy atom. The maximum atomic E-state index is 12.8. The molecule has 0 aromatic heterocycles. The number of rotatable bonds is 8. The van der Waals surface area contributed by atoms with Crippen molar-refractivity contribution in [3.63, 3.8) is 0 Å². The third-order valence-electron chi connectivity index (χ3n) is 5.78. The predicted molar refractivity (Wildman–Crippen MR) is 137 cm³/mol. The standard InChI is InChI=1S/C29H41NO4/c1-18(2)22-10-14-24(15-11-22)26(25-16-12-23(13-17-25)19(3)4)21(6)33-27(31)20(5)30-28(32)34-29(7,8)9/h10-21,26H,1-9H3,(H,30,32)/t20-,21-/m0/s1. The predicted octanol–water partition coefficient (Wildman–Crippen LogP) is 6.91. The number of carbonyl (C=O) groups excluding carboxylic acids is 2. The number of esters is 1. The van der Waals surface area contributed by atoms with Gasteiger partial charge in [-0.15, -0.1) is 0 Å². The molecular formula is C29H41NO4. The van der Waals surface area contributed by atoms with Gasteiger partial charge in [-0.3, -0.25) is 0 Å². The Bertz CT molecular complexity index is 888. The van der Waals surface area contributed by atoms with Gasteiger partial charge < -0.3 is 14.8 Å². The molecule has 0 saturated carbocycles. The van der Waals surface area contributed by atoms with Crippen LogP contribution in [-0.2, 0) is 14.3 Å². The molecule has 0 fully saturated rings. The summed E-state index contributed by atoms with van der Waals surface area (Å²) in [5.41, 5.74) is 4.04. The first-order chi connectivity index (χ1) is 15.8. The van der Waals surface area contributed by atoms with E-state index in [0.29, 0.717) is 11.8 Å². The van der Waals surface area contributed by atoms with E-state index < -0.39 is 29.8 Å². The molecule has 34 heavy (non-hydrogen) atoms. The summed E-state index contributed by atoms with van der Waals surface area (Å²) in [6.07, 6.45) is -1.08. The normalized spacial score (nSPS) is 13.6. The minimum atomic E-state index is -0.829. The van der Waals surface area contributed by atoms with Gasteiger partial charge >= 0.3 is 12.1 Å². The third kappa shape index (κ3) is 7.89. The molecule has 0 aliphatic carbocycles. The molecule has 2 aromatic rings. The molecular weight excluding hydrogens is 426 g/mol. The summed E-state index contributed by atoms with van der Waals surface area (Å²) in [7, 11) is 0. The lowest BCUT2D eigenvalue weighted by atomic mass is 9.85. The minimum absolute atomic E-state index is 0.139. The quantitative estimate of drug-likeness (QED) is 0.428. The first-order valence-electron chi connectivity index (χ1n) is 12.2. The van der Waals surface area contributed by atoms with Crippen molar-refractivity contribution >= 4 is 12.1 Å². The van der Waals surface area contributed by atoms with E-state index in [2.05, 4.69) is 81.5 Å². The highest BCUT2D eigenvalue weighted by Crippen LogP contribution is 2.32. The average molecular weight is 468 g/mol. The first-order valence-corrected chi connectivity index (χ1v) is 12.2. The fourth-order valence-electron chi connectivity index (χ4n) is 3.81. The van der Waals surface area contributed by atoms with Crippen LogP contribution in [0.5, 0.6) is 0 Å². The van der Waals surface area contributed by atoms with E-state index >= 15 is 0 Å². The molecule has 1 N–H and O–H groups in total. The van der Waals surface area contributed by atoms with Crippen molar-refractivity contribution in [2.75, 3.05) is 0 Å². The molecule has 0 unspecified atom stereocenters. The second kappa shape index (κ2) is 11.5. The highest BCUT2D eigenvalue weighted by molar-refractivity contribution is 5.81. The van der Waals surface area contributed by atoms with E-state index in [4.69, 9.17) is 9.47 Å². The number of hydrogen-bond acceptors (Lipinski definition) is 4. The van der Waals surface area contributed by atoms with Crippen LogP contribution in [0.3, 0.4) is 0 Å². The van der Waals surface area contributed by atoms with Gasteiger partial charge in [-0.1, -0.05) is 76.2 Å². The number of amides is 1. The Balaban J connectivity index is 2.25. The SMILES string of the molecule is CC(C)c1ccc(C(c2ccc(C(C)C)cc2)[C@H](C)OC(=O)[C@H](C)NC(=O)OC(C)(C)C)cc1. The zero-order valence-electron chi connectivity index (χ0n) is 22.1. The van der Waals surface area contributed by atoms with Crippen LogP contribution in [0.25, 0.3) is 0 Å². The monoisotopic (exact) mass is 467 g/mol. The van der Waals surface area contributed by atoms with E-state index in [0.717, 1.165) is 11.1 Å². The van der Waals surface area contributed by atoms with Crippen molar-refractivity contribution in [3.8, 4) is 0 Å². The van der Waals surface area contributed by atoms with Crippen LogP contribution in [0, 0.1) is 0 Å². The lowest BCUT2D eigenvalue weighted by Gasteiger charge is -2.27. The highest BCUT2D eigenvalue weighted by atomic mass is 16.6. The van der Waals surface area contributed by atoms with Crippen molar-refractivity contribution in [2.45, 2.75) is 97.8 Å². The molecule has 186 valence electrons. The zero-order chi connectivity index (χ0) is 25.6. The van der Waals surface area contributed by atoms with Gasteiger partial charge in [-0.25, -0.2) is 9.59 Å². The van der Waals surface area contributed by atoms with E-state index in [1.807, 2.05) is 6.92 Å². The van der Waals surface area contributed by atoms with Crippen molar-refractivity contribution in [1.82, 2.24) is 5.32 Å². The second-order valence-electron chi connectivity index (χ2n) is 10.6. The molecule has 2 rings (SSSR count). The smallest absolute Gasteiger partial charge is 0.408 e. The van der Waals surface area contributed by atoms with Crippen molar-refractivity contribution in [3.05, 3.63) is 70.8 Å². The van der Waals surface area contributed by atoms with Crippen LogP contribution < -0.4 is 5.32 Å². The lowest BCUT2D eigenvalue weighted by molar-refractivity contribution is -0.150. The van der Waals surface area contributed by atoms with Crippen LogP contribution in [0.2, 0.25) is 0 Å². The van der Waals surface area contributed by atoms with Gasteiger partial charge in [0.05, 0.1) is 0 Å². The van der Waals surface area contributed by atoms with Gasteiger partial charge in [-0.2, -0.15) is 0 Å². The maximum Gasteiger partial charge on any atom is 0.408 e. The number of benzene rings is 2. The van der Waals surface area contributed by atoms with Gasteiger partial charge in [-0.05, 0) is 68.7 Å². The lowest BCUT2D eigenvalue weighted by Crippen LogP contribution is -2.43. The molecule has 5 nitrogen and oxygen atoms in total. The molecule has 0 bridgehead atoms.